The van der Waals surface area contributed by atoms with Crippen molar-refractivity contribution >= 4 is 19.7 Å². The van der Waals surface area contributed by atoms with Gasteiger partial charge in [-0.2, -0.15) is 0 Å². The van der Waals surface area contributed by atoms with Gasteiger partial charge in [0.05, 0.1) is 33.8 Å². The third-order valence-corrected chi connectivity index (χ3v) is 16.0. The van der Waals surface area contributed by atoms with Crippen LogP contribution < -0.4 is 10.2 Å². The quantitative estimate of drug-likeness (QED) is 0.0161. The molecule has 3 atom stereocenters. The predicted octanol–water partition coefficient (Wildman–Crippen LogP) is 20.4. The molecule has 0 bridgehead atoms. The Labute approximate surface area is 490 Å². The Balaban J connectivity index is 4.97. The number of amides is 1. The first kappa shape index (κ1) is 76.7. The van der Waals surface area contributed by atoms with Crippen LogP contribution in [0.2, 0.25) is 0 Å². The zero-order valence-corrected chi connectivity index (χ0v) is 53.7. The van der Waals surface area contributed by atoms with Crippen LogP contribution in [0.15, 0.2) is 60.8 Å². The molecular weight excluding hydrogens is 1000 g/mol. The second-order valence-electron chi connectivity index (χ2n) is 24.0. The van der Waals surface area contributed by atoms with Crippen molar-refractivity contribution in [2.45, 2.75) is 328 Å². The molecule has 0 rings (SSSR count). The van der Waals surface area contributed by atoms with Gasteiger partial charge in [-0.3, -0.25) is 14.2 Å². The molecule has 462 valence electrons. The highest BCUT2D eigenvalue weighted by atomic mass is 31.2. The van der Waals surface area contributed by atoms with Gasteiger partial charge >= 0.3 is 5.97 Å². The average Bonchev–Trinajstić information content (AvgIpc) is 3.41. The van der Waals surface area contributed by atoms with E-state index in [-0.39, 0.29) is 24.9 Å². The number of hydrogen-bond donors (Lipinski definition) is 1. The molecule has 0 aliphatic carbocycles. The largest absolute Gasteiger partial charge is 0.756 e. The first-order valence-electron chi connectivity index (χ1n) is 33.6. The number of ether oxygens (including phenoxy) is 1. The summed E-state index contributed by atoms with van der Waals surface area (Å²) >= 11 is 0. The number of allylic oxidation sites excluding steroid dienone is 9. The predicted molar refractivity (Wildman–Crippen MR) is 339 cm³/mol. The molecule has 3 unspecified atom stereocenters. The fraction of sp³-hybridized carbons (Fsp3) is 0.826. The summed E-state index contributed by atoms with van der Waals surface area (Å²) in [7, 11) is 1.18. The van der Waals surface area contributed by atoms with Gasteiger partial charge < -0.3 is 28.5 Å². The number of carbonyl (C=O) groups is 2. The summed E-state index contributed by atoms with van der Waals surface area (Å²) in [5, 5.41) is 3.03. The Morgan fingerprint density at radius 2 is 0.823 bits per heavy atom. The standard InChI is InChI=1S/C69H129N2O7P/c1-7-10-13-16-19-22-25-27-29-30-31-32-33-34-35-36-37-38-39-40-42-43-46-49-52-55-58-61-68(72)70-66(65-77-79(74,75)76-64-63-71(4,5)6)67(60-57-54-51-48-45-24-21-18-15-12-9-3)78-69(73)62-59-56-53-50-47-44-41-28-26-23-20-17-14-11-8-2/h11,14,17,20,23,26-27,29,57,60,66-67H,7-10,12-13,15-16,18-19,21-22,24-25,28,30-56,58-59,61-65H2,1-6H3,(H-,70,72,74,75)/b14-11+,20-17+,26-23+,29-27+,60-57-. The Morgan fingerprint density at radius 1 is 0.456 bits per heavy atom. The molecule has 0 heterocycles. The third kappa shape index (κ3) is 60.1. The van der Waals surface area contributed by atoms with Gasteiger partial charge in [0.15, 0.2) is 0 Å². The zero-order chi connectivity index (χ0) is 57.9. The highest BCUT2D eigenvalue weighted by Gasteiger charge is 2.27. The number of quaternary nitrogens is 1. The van der Waals surface area contributed by atoms with E-state index in [0.717, 1.165) is 77.0 Å². The first-order valence-corrected chi connectivity index (χ1v) is 35.1. The fourth-order valence-corrected chi connectivity index (χ4v) is 10.5. The van der Waals surface area contributed by atoms with E-state index in [1.165, 1.54) is 205 Å². The number of carbonyl (C=O) groups excluding carboxylic acids is 2. The average molecular weight is 1130 g/mol. The number of hydrogen-bond acceptors (Lipinski definition) is 7. The van der Waals surface area contributed by atoms with Crippen LogP contribution in [-0.2, 0) is 27.9 Å². The number of phosphoric acid groups is 1. The lowest BCUT2D eigenvalue weighted by Gasteiger charge is -2.30. The summed E-state index contributed by atoms with van der Waals surface area (Å²) in [5.74, 6) is -0.546. The van der Waals surface area contributed by atoms with Crippen LogP contribution >= 0.6 is 7.82 Å². The lowest BCUT2D eigenvalue weighted by Crippen LogP contribution is -2.47. The molecule has 0 radical (unpaired) electrons. The molecule has 1 N–H and O–H groups in total. The monoisotopic (exact) mass is 1130 g/mol. The minimum absolute atomic E-state index is 0.0245. The van der Waals surface area contributed by atoms with Crippen LogP contribution in [0.3, 0.4) is 0 Å². The Kier molecular flexibility index (Phi) is 57.2. The minimum atomic E-state index is -4.70. The first-order chi connectivity index (χ1) is 38.4. The van der Waals surface area contributed by atoms with Crippen LogP contribution in [0.5, 0.6) is 0 Å². The molecule has 0 aliphatic heterocycles. The van der Waals surface area contributed by atoms with Crippen molar-refractivity contribution < 1.29 is 37.3 Å². The van der Waals surface area contributed by atoms with Crippen LogP contribution in [0, 0.1) is 0 Å². The van der Waals surface area contributed by atoms with Crippen molar-refractivity contribution in [2.75, 3.05) is 40.9 Å². The number of nitrogens with one attached hydrogen (secondary N) is 1. The molecule has 0 aromatic carbocycles. The molecule has 0 fully saturated rings. The van der Waals surface area contributed by atoms with E-state index in [4.69, 9.17) is 13.8 Å². The summed E-state index contributed by atoms with van der Waals surface area (Å²) in [6.07, 6.45) is 74.9. The van der Waals surface area contributed by atoms with Crippen molar-refractivity contribution in [3.63, 3.8) is 0 Å². The zero-order valence-electron chi connectivity index (χ0n) is 52.8. The SMILES string of the molecule is CC/C=C/C=C/C=C/CCCCCCCCCC(=O)OC(/C=C\CCCCCCCCCCC)C(COP(=O)([O-])OCC[N+](C)(C)C)NC(=O)CCCCCCCCCCCCCCCCCCC/C=C/CCCCCCCC. The van der Waals surface area contributed by atoms with Gasteiger partial charge in [0.2, 0.25) is 5.91 Å². The summed E-state index contributed by atoms with van der Waals surface area (Å²) < 4.78 is 30.3. The second kappa shape index (κ2) is 58.9. The van der Waals surface area contributed by atoms with Crippen LogP contribution in [0.25, 0.3) is 0 Å². The van der Waals surface area contributed by atoms with Crippen LogP contribution in [0.4, 0.5) is 0 Å². The maximum absolute atomic E-state index is 13.6. The molecule has 9 nitrogen and oxygen atoms in total. The molecule has 0 aliphatic rings. The number of nitrogens with zero attached hydrogens (tertiary/aromatic N) is 1. The minimum Gasteiger partial charge on any atom is -0.756 e. The van der Waals surface area contributed by atoms with Crippen molar-refractivity contribution in [2.24, 2.45) is 0 Å². The Hall–Kier alpha value is -2.29. The molecule has 0 spiro atoms. The summed E-state index contributed by atoms with van der Waals surface area (Å²) in [5.41, 5.74) is 0. The van der Waals surface area contributed by atoms with Crippen LogP contribution in [-0.4, -0.2) is 69.4 Å². The molecule has 0 saturated carbocycles. The van der Waals surface area contributed by atoms with E-state index in [2.05, 4.69) is 74.7 Å². The van der Waals surface area contributed by atoms with Gasteiger partial charge in [-0.15, -0.1) is 0 Å². The number of unbranched alkanes of at least 4 members (excludes halogenated alkanes) is 39. The van der Waals surface area contributed by atoms with Gasteiger partial charge in [0.1, 0.15) is 19.3 Å². The second-order valence-corrected chi connectivity index (χ2v) is 25.4. The van der Waals surface area contributed by atoms with Crippen molar-refractivity contribution in [3.05, 3.63) is 60.8 Å². The smallest absolute Gasteiger partial charge is 0.306 e. The van der Waals surface area contributed by atoms with Crippen molar-refractivity contribution in [1.82, 2.24) is 5.32 Å². The third-order valence-electron chi connectivity index (χ3n) is 15.0. The van der Waals surface area contributed by atoms with Crippen molar-refractivity contribution in [1.29, 1.82) is 0 Å². The number of phosphoric ester groups is 1. The fourth-order valence-electron chi connectivity index (χ4n) is 9.81. The van der Waals surface area contributed by atoms with Crippen molar-refractivity contribution in [3.8, 4) is 0 Å². The van der Waals surface area contributed by atoms with Gasteiger partial charge in [-0.1, -0.05) is 287 Å². The molecule has 79 heavy (non-hydrogen) atoms. The molecule has 0 saturated heterocycles. The molecule has 1 amide bonds. The summed E-state index contributed by atoms with van der Waals surface area (Å²) in [4.78, 5) is 40.0. The number of rotatable bonds is 61. The maximum atomic E-state index is 13.6. The Bertz CT molecular complexity index is 1540. The lowest BCUT2D eigenvalue weighted by atomic mass is 10.0. The normalized spacial score (nSPS) is 14.0. The topological polar surface area (TPSA) is 114 Å². The Morgan fingerprint density at radius 3 is 1.24 bits per heavy atom. The van der Waals surface area contributed by atoms with Gasteiger partial charge in [-0.05, 0) is 76.7 Å². The summed E-state index contributed by atoms with van der Waals surface area (Å²) in [6, 6.07) is -0.893. The van der Waals surface area contributed by atoms with E-state index in [9.17, 15) is 19.0 Å². The molecule has 0 aromatic heterocycles. The van der Waals surface area contributed by atoms with E-state index < -0.39 is 26.6 Å². The van der Waals surface area contributed by atoms with Gasteiger partial charge in [0, 0.05) is 12.8 Å². The van der Waals surface area contributed by atoms with E-state index in [0.29, 0.717) is 17.4 Å². The number of likely N-dealkylation sites (N-methyl/N-ethyl adjacent to an activating group) is 1. The van der Waals surface area contributed by atoms with Gasteiger partial charge in [0.25, 0.3) is 7.82 Å². The lowest BCUT2D eigenvalue weighted by molar-refractivity contribution is -0.870. The van der Waals surface area contributed by atoms with E-state index in [1.807, 2.05) is 33.3 Å². The molecule has 10 heteroatoms. The highest BCUT2D eigenvalue weighted by molar-refractivity contribution is 7.45. The summed E-state index contributed by atoms with van der Waals surface area (Å²) in [6.45, 7) is 6.72. The molecule has 0 aromatic rings. The maximum Gasteiger partial charge on any atom is 0.306 e. The van der Waals surface area contributed by atoms with E-state index in [1.54, 1.807) is 0 Å². The molecular formula is C69H129N2O7P. The number of esters is 1. The van der Waals surface area contributed by atoms with Gasteiger partial charge in [-0.25, -0.2) is 0 Å². The highest BCUT2D eigenvalue weighted by Crippen LogP contribution is 2.38. The van der Waals surface area contributed by atoms with E-state index >= 15 is 0 Å². The van der Waals surface area contributed by atoms with Crippen LogP contribution in [0.1, 0.15) is 316 Å².